The Morgan fingerprint density at radius 1 is 1.23 bits per heavy atom. The molecular formula is C20H24FN3OS. The van der Waals surface area contributed by atoms with Gasteiger partial charge in [0, 0.05) is 5.75 Å². The first kappa shape index (κ1) is 20.0. The van der Waals surface area contributed by atoms with Crippen molar-refractivity contribution in [1.29, 1.82) is 0 Å². The van der Waals surface area contributed by atoms with Crippen LogP contribution < -0.4 is 10.5 Å². The van der Waals surface area contributed by atoms with E-state index in [0.717, 1.165) is 12.2 Å². The van der Waals surface area contributed by atoms with E-state index in [-0.39, 0.29) is 11.6 Å². The number of nitrogens with zero attached hydrogens (tertiary/aromatic N) is 2. The van der Waals surface area contributed by atoms with Gasteiger partial charge in [0.25, 0.3) is 0 Å². The number of thioether (sulfide) groups is 1. The molecular weight excluding hydrogens is 349 g/mol. The van der Waals surface area contributed by atoms with Crippen molar-refractivity contribution in [2.45, 2.75) is 26.0 Å². The first-order valence-corrected chi connectivity index (χ1v) is 9.48. The zero-order chi connectivity index (χ0) is 18.8. The van der Waals surface area contributed by atoms with Crippen LogP contribution in [-0.4, -0.2) is 18.0 Å². The van der Waals surface area contributed by atoms with Crippen molar-refractivity contribution >= 4 is 23.1 Å². The molecule has 2 aromatic carbocycles. The van der Waals surface area contributed by atoms with Crippen molar-refractivity contribution in [2.75, 3.05) is 6.61 Å². The van der Waals surface area contributed by atoms with Crippen molar-refractivity contribution in [1.82, 2.24) is 0 Å². The van der Waals surface area contributed by atoms with Gasteiger partial charge in [0.15, 0.2) is 16.7 Å². The second-order valence-electron chi connectivity index (χ2n) is 6.18. The van der Waals surface area contributed by atoms with Crippen LogP contribution in [0.3, 0.4) is 0 Å². The second-order valence-corrected chi connectivity index (χ2v) is 7.17. The lowest BCUT2D eigenvalue weighted by molar-refractivity contribution is 0.277. The zero-order valence-electron chi connectivity index (χ0n) is 15.1. The fourth-order valence-electron chi connectivity index (χ4n) is 2.03. The summed E-state index contributed by atoms with van der Waals surface area (Å²) in [5.74, 6) is 1.08. The van der Waals surface area contributed by atoms with Gasteiger partial charge >= 0.3 is 0 Å². The Morgan fingerprint density at radius 2 is 2.00 bits per heavy atom. The SMILES string of the molecule is CC(C)CCOc1cc(C=NN=C(N)SCc2ccccc2)ccc1F. The van der Waals surface area contributed by atoms with Crippen molar-refractivity contribution in [3.05, 3.63) is 65.5 Å². The first-order valence-electron chi connectivity index (χ1n) is 8.50. The van der Waals surface area contributed by atoms with Gasteiger partial charge in [0.1, 0.15) is 0 Å². The smallest absolute Gasteiger partial charge is 0.180 e. The number of hydrogen-bond donors (Lipinski definition) is 1. The molecule has 0 saturated heterocycles. The van der Waals surface area contributed by atoms with Gasteiger partial charge in [-0.05, 0) is 35.6 Å². The van der Waals surface area contributed by atoms with E-state index < -0.39 is 0 Å². The molecule has 0 heterocycles. The highest BCUT2D eigenvalue weighted by Crippen LogP contribution is 2.19. The molecule has 26 heavy (non-hydrogen) atoms. The lowest BCUT2D eigenvalue weighted by atomic mass is 10.1. The molecule has 2 N–H and O–H groups in total. The maximum atomic E-state index is 13.8. The maximum absolute atomic E-state index is 13.8. The Bertz CT molecular complexity index is 748. The van der Waals surface area contributed by atoms with Crippen LogP contribution in [0.4, 0.5) is 4.39 Å². The van der Waals surface area contributed by atoms with Crippen LogP contribution in [0.1, 0.15) is 31.4 Å². The largest absolute Gasteiger partial charge is 0.490 e. The molecule has 6 heteroatoms. The minimum Gasteiger partial charge on any atom is -0.490 e. The van der Waals surface area contributed by atoms with Crippen LogP contribution in [0.15, 0.2) is 58.7 Å². The van der Waals surface area contributed by atoms with E-state index in [1.165, 1.54) is 29.6 Å². The predicted octanol–water partition coefficient (Wildman–Crippen LogP) is 4.83. The molecule has 0 unspecified atom stereocenters. The van der Waals surface area contributed by atoms with Gasteiger partial charge in [-0.15, -0.1) is 5.10 Å². The predicted molar refractivity (Wildman–Crippen MR) is 108 cm³/mol. The van der Waals surface area contributed by atoms with Gasteiger partial charge in [-0.1, -0.05) is 62.0 Å². The fraction of sp³-hybridized carbons (Fsp3) is 0.300. The van der Waals surface area contributed by atoms with E-state index in [2.05, 4.69) is 24.1 Å². The lowest BCUT2D eigenvalue weighted by Gasteiger charge is -2.09. The lowest BCUT2D eigenvalue weighted by Crippen LogP contribution is -2.06. The van der Waals surface area contributed by atoms with Crippen molar-refractivity contribution in [2.24, 2.45) is 21.9 Å². The minimum absolute atomic E-state index is 0.227. The monoisotopic (exact) mass is 373 g/mol. The molecule has 138 valence electrons. The molecule has 0 aliphatic carbocycles. The summed E-state index contributed by atoms with van der Waals surface area (Å²) < 4.78 is 19.3. The van der Waals surface area contributed by atoms with Gasteiger partial charge < -0.3 is 10.5 Å². The standard InChI is InChI=1S/C20H24FN3OS/c1-15(2)10-11-25-19-12-17(8-9-18(19)21)13-23-24-20(22)26-14-16-6-4-3-5-7-16/h3-9,12-13,15H,10-11,14H2,1-2H3,(H2,22,24). The third-order valence-electron chi connectivity index (χ3n) is 3.50. The molecule has 0 bridgehead atoms. The molecule has 0 radical (unpaired) electrons. The molecule has 0 fully saturated rings. The van der Waals surface area contributed by atoms with E-state index in [0.29, 0.717) is 23.3 Å². The van der Waals surface area contributed by atoms with Crippen molar-refractivity contribution in [3.8, 4) is 5.75 Å². The molecule has 0 saturated carbocycles. The average Bonchev–Trinajstić information content (AvgIpc) is 2.63. The topological polar surface area (TPSA) is 60.0 Å². The summed E-state index contributed by atoms with van der Waals surface area (Å²) in [6.07, 6.45) is 2.40. The number of amidine groups is 1. The number of halogens is 1. The molecule has 2 rings (SSSR count). The Hall–Kier alpha value is -2.34. The Kier molecular flexibility index (Phi) is 8.15. The van der Waals surface area contributed by atoms with E-state index >= 15 is 0 Å². The summed E-state index contributed by atoms with van der Waals surface area (Å²) in [5, 5.41) is 8.31. The second kappa shape index (κ2) is 10.6. The molecule has 0 aliphatic heterocycles. The third kappa shape index (κ3) is 7.27. The van der Waals surface area contributed by atoms with Crippen molar-refractivity contribution < 1.29 is 9.13 Å². The third-order valence-corrected chi connectivity index (χ3v) is 4.36. The summed E-state index contributed by atoms with van der Waals surface area (Å²) >= 11 is 1.41. The van der Waals surface area contributed by atoms with Gasteiger partial charge in [-0.2, -0.15) is 5.10 Å². The van der Waals surface area contributed by atoms with E-state index in [9.17, 15) is 4.39 Å². The summed E-state index contributed by atoms with van der Waals surface area (Å²) in [5.41, 5.74) is 7.72. The average molecular weight is 373 g/mol. The number of hydrogen-bond acceptors (Lipinski definition) is 4. The van der Waals surface area contributed by atoms with Gasteiger partial charge in [-0.25, -0.2) is 4.39 Å². The Morgan fingerprint density at radius 3 is 2.73 bits per heavy atom. The Balaban J connectivity index is 1.90. The van der Waals surface area contributed by atoms with E-state index in [4.69, 9.17) is 10.5 Å². The number of rotatable bonds is 8. The summed E-state index contributed by atoms with van der Waals surface area (Å²) in [6, 6.07) is 14.6. The first-order chi connectivity index (χ1) is 12.5. The highest BCUT2D eigenvalue weighted by molar-refractivity contribution is 8.13. The van der Waals surface area contributed by atoms with Gasteiger partial charge in [0.05, 0.1) is 12.8 Å². The van der Waals surface area contributed by atoms with E-state index in [1.807, 2.05) is 30.3 Å². The van der Waals surface area contributed by atoms with Crippen LogP contribution in [0.25, 0.3) is 0 Å². The minimum atomic E-state index is -0.382. The number of benzene rings is 2. The molecule has 0 spiro atoms. The normalized spacial score (nSPS) is 12.1. The molecule has 0 aliphatic rings. The summed E-state index contributed by atoms with van der Waals surface area (Å²) in [6.45, 7) is 4.68. The molecule has 0 atom stereocenters. The van der Waals surface area contributed by atoms with Crippen LogP contribution >= 0.6 is 11.8 Å². The fourth-order valence-corrected chi connectivity index (χ4v) is 2.64. The summed E-state index contributed by atoms with van der Waals surface area (Å²) in [4.78, 5) is 0. The van der Waals surface area contributed by atoms with Crippen molar-refractivity contribution in [3.63, 3.8) is 0 Å². The van der Waals surface area contributed by atoms with Crippen LogP contribution in [0, 0.1) is 11.7 Å². The van der Waals surface area contributed by atoms with Crippen LogP contribution in [-0.2, 0) is 5.75 Å². The zero-order valence-corrected chi connectivity index (χ0v) is 15.9. The quantitative estimate of drug-likeness (QED) is 0.409. The molecule has 0 amide bonds. The van der Waals surface area contributed by atoms with Crippen LogP contribution in [0.5, 0.6) is 5.75 Å². The molecule has 0 aromatic heterocycles. The van der Waals surface area contributed by atoms with Gasteiger partial charge in [-0.3, -0.25) is 0 Å². The number of nitrogens with two attached hydrogens (primary N) is 1. The van der Waals surface area contributed by atoms with E-state index in [1.54, 1.807) is 12.1 Å². The number of ether oxygens (including phenoxy) is 1. The van der Waals surface area contributed by atoms with Gasteiger partial charge in [0.2, 0.25) is 0 Å². The van der Waals surface area contributed by atoms with Crippen LogP contribution in [0.2, 0.25) is 0 Å². The molecule has 2 aromatic rings. The summed E-state index contributed by atoms with van der Waals surface area (Å²) in [7, 11) is 0. The molecule has 4 nitrogen and oxygen atoms in total. The Labute approximate surface area is 158 Å². The maximum Gasteiger partial charge on any atom is 0.180 e. The highest BCUT2D eigenvalue weighted by atomic mass is 32.2. The highest BCUT2D eigenvalue weighted by Gasteiger charge is 2.05.